The van der Waals surface area contributed by atoms with Crippen LogP contribution in [-0.4, -0.2) is 6.03 Å². The molecule has 3 nitrogen and oxygen atoms in total. The summed E-state index contributed by atoms with van der Waals surface area (Å²) in [7, 11) is 0. The molecule has 2 rings (SSSR count). The van der Waals surface area contributed by atoms with Crippen molar-refractivity contribution in [3.05, 3.63) is 40.0 Å². The van der Waals surface area contributed by atoms with E-state index < -0.39 is 0 Å². The third kappa shape index (κ3) is 4.10. The van der Waals surface area contributed by atoms with Gasteiger partial charge in [0, 0.05) is 16.4 Å². The Morgan fingerprint density at radius 2 is 2.05 bits per heavy atom. The highest BCUT2D eigenvalue weighted by Crippen LogP contribution is 2.30. The highest BCUT2D eigenvalue weighted by Gasteiger charge is 2.16. The van der Waals surface area contributed by atoms with Crippen molar-refractivity contribution in [3.8, 4) is 0 Å². The normalized spacial score (nSPS) is 16.2. The second-order valence-electron chi connectivity index (χ2n) is 5.43. The van der Waals surface area contributed by atoms with Gasteiger partial charge in [0.05, 0.1) is 0 Å². The lowest BCUT2D eigenvalue weighted by molar-refractivity contribution is 0.255. The third-order valence-electron chi connectivity index (χ3n) is 3.85. The van der Waals surface area contributed by atoms with Crippen LogP contribution in [0.25, 0.3) is 0 Å². The maximum Gasteiger partial charge on any atom is 0.323 e. The topological polar surface area (TPSA) is 41.1 Å². The van der Waals surface area contributed by atoms with Gasteiger partial charge < -0.3 is 10.6 Å². The zero-order valence-corrected chi connectivity index (χ0v) is 13.6. The van der Waals surface area contributed by atoms with E-state index in [1.54, 1.807) is 0 Å². The molecule has 0 aromatic heterocycles. The molecule has 0 saturated heterocycles. The van der Waals surface area contributed by atoms with E-state index in [1.165, 1.54) is 31.3 Å². The molecule has 108 valence electrons. The first-order valence-corrected chi connectivity index (χ1v) is 7.86. The largest absolute Gasteiger partial charge is 0.323 e. The van der Waals surface area contributed by atoms with Gasteiger partial charge in [0.15, 0.2) is 0 Å². The Morgan fingerprint density at radius 3 is 2.70 bits per heavy atom. The highest BCUT2D eigenvalue weighted by molar-refractivity contribution is 9.10. The van der Waals surface area contributed by atoms with Gasteiger partial charge in [-0.05, 0) is 56.4 Å². The van der Waals surface area contributed by atoms with Gasteiger partial charge in [0.1, 0.15) is 0 Å². The number of hydrogen-bond acceptors (Lipinski definition) is 1. The van der Waals surface area contributed by atoms with Crippen LogP contribution in [0.1, 0.15) is 38.2 Å². The standard InChI is InChI=1S/C16H21BrN2O/c1-11-9-14(7-8-15(11)17)19-16(20)18-10-12(2)13-5-3-4-6-13/h7-10,13H,3-6H2,1-2H3,(H2,18,19,20)/b12-10+. The number of anilines is 1. The Balaban J connectivity index is 1.88. The first-order valence-electron chi connectivity index (χ1n) is 7.06. The fraction of sp³-hybridized carbons (Fsp3) is 0.438. The Labute approximate surface area is 129 Å². The van der Waals surface area contributed by atoms with Gasteiger partial charge in [0.2, 0.25) is 0 Å². The molecule has 1 aliphatic rings. The van der Waals surface area contributed by atoms with E-state index in [-0.39, 0.29) is 6.03 Å². The SMILES string of the molecule is C/C(=C\NC(=O)Nc1ccc(Br)c(C)c1)C1CCCC1. The van der Waals surface area contributed by atoms with Crippen LogP contribution in [-0.2, 0) is 0 Å². The van der Waals surface area contributed by atoms with Gasteiger partial charge >= 0.3 is 6.03 Å². The minimum Gasteiger partial charge on any atom is -0.314 e. The molecule has 1 fully saturated rings. The fourth-order valence-electron chi connectivity index (χ4n) is 2.57. The summed E-state index contributed by atoms with van der Waals surface area (Å²) in [4.78, 5) is 11.8. The average Bonchev–Trinajstić information content (AvgIpc) is 2.94. The minimum atomic E-state index is -0.191. The van der Waals surface area contributed by atoms with Crippen LogP contribution < -0.4 is 10.6 Å². The summed E-state index contributed by atoms with van der Waals surface area (Å²) in [5, 5.41) is 5.66. The van der Waals surface area contributed by atoms with E-state index in [4.69, 9.17) is 0 Å². The Morgan fingerprint density at radius 1 is 1.35 bits per heavy atom. The molecule has 0 unspecified atom stereocenters. The summed E-state index contributed by atoms with van der Waals surface area (Å²) in [5.74, 6) is 0.644. The number of allylic oxidation sites excluding steroid dienone is 1. The number of benzene rings is 1. The van der Waals surface area contributed by atoms with Crippen LogP contribution in [0.2, 0.25) is 0 Å². The zero-order valence-electron chi connectivity index (χ0n) is 12.0. The maximum atomic E-state index is 11.8. The maximum absolute atomic E-state index is 11.8. The van der Waals surface area contributed by atoms with Crippen LogP contribution >= 0.6 is 15.9 Å². The molecule has 1 aliphatic carbocycles. The van der Waals surface area contributed by atoms with Gasteiger partial charge in [0.25, 0.3) is 0 Å². The van der Waals surface area contributed by atoms with E-state index in [0.717, 1.165) is 15.7 Å². The lowest BCUT2D eigenvalue weighted by Gasteiger charge is -2.11. The predicted octanol–water partition coefficient (Wildman–Crippen LogP) is 4.97. The number of amides is 2. The number of halogens is 1. The smallest absolute Gasteiger partial charge is 0.314 e. The lowest BCUT2D eigenvalue weighted by Crippen LogP contribution is -2.24. The second kappa shape index (κ2) is 6.93. The quantitative estimate of drug-likeness (QED) is 0.803. The van der Waals surface area contributed by atoms with Crippen LogP contribution in [0.5, 0.6) is 0 Å². The van der Waals surface area contributed by atoms with Crippen LogP contribution in [0, 0.1) is 12.8 Å². The van der Waals surface area contributed by atoms with Crippen molar-refractivity contribution in [1.29, 1.82) is 0 Å². The minimum absolute atomic E-state index is 0.191. The van der Waals surface area contributed by atoms with Gasteiger partial charge in [-0.3, -0.25) is 0 Å². The summed E-state index contributed by atoms with van der Waals surface area (Å²) in [6.07, 6.45) is 6.95. The molecule has 0 bridgehead atoms. The molecule has 4 heteroatoms. The van der Waals surface area contributed by atoms with Crippen LogP contribution in [0.3, 0.4) is 0 Å². The molecule has 1 aromatic carbocycles. The number of carbonyl (C=O) groups excluding carboxylic acids is 1. The summed E-state index contributed by atoms with van der Waals surface area (Å²) in [6, 6.07) is 5.57. The number of rotatable bonds is 3. The number of urea groups is 1. The number of aryl methyl sites for hydroxylation is 1. The van der Waals surface area contributed by atoms with Gasteiger partial charge in [-0.1, -0.05) is 34.3 Å². The average molecular weight is 337 g/mol. The molecular weight excluding hydrogens is 316 g/mol. The Bertz CT molecular complexity index is 519. The summed E-state index contributed by atoms with van der Waals surface area (Å²) < 4.78 is 1.04. The Hall–Kier alpha value is -1.29. The van der Waals surface area contributed by atoms with E-state index in [0.29, 0.717) is 5.92 Å². The predicted molar refractivity (Wildman–Crippen MR) is 86.7 cm³/mol. The molecule has 1 saturated carbocycles. The van der Waals surface area contributed by atoms with Crippen molar-refractivity contribution in [2.45, 2.75) is 39.5 Å². The van der Waals surface area contributed by atoms with Gasteiger partial charge in [-0.25, -0.2) is 4.79 Å². The first kappa shape index (κ1) is 15.1. The van der Waals surface area contributed by atoms with Crippen molar-refractivity contribution in [1.82, 2.24) is 5.32 Å². The molecule has 0 atom stereocenters. The monoisotopic (exact) mass is 336 g/mol. The molecule has 0 heterocycles. The highest BCUT2D eigenvalue weighted by atomic mass is 79.9. The molecule has 0 radical (unpaired) electrons. The molecule has 2 N–H and O–H groups in total. The van der Waals surface area contributed by atoms with Crippen molar-refractivity contribution in [2.24, 2.45) is 5.92 Å². The molecule has 0 spiro atoms. The van der Waals surface area contributed by atoms with E-state index in [9.17, 15) is 4.79 Å². The van der Waals surface area contributed by atoms with Crippen molar-refractivity contribution in [3.63, 3.8) is 0 Å². The molecule has 0 aliphatic heterocycles. The van der Waals surface area contributed by atoms with Crippen LogP contribution in [0.15, 0.2) is 34.4 Å². The van der Waals surface area contributed by atoms with Crippen LogP contribution in [0.4, 0.5) is 10.5 Å². The van der Waals surface area contributed by atoms with Gasteiger partial charge in [-0.15, -0.1) is 0 Å². The fourth-order valence-corrected chi connectivity index (χ4v) is 2.81. The molecule has 1 aromatic rings. The van der Waals surface area contributed by atoms with Gasteiger partial charge in [-0.2, -0.15) is 0 Å². The summed E-state index contributed by atoms with van der Waals surface area (Å²) in [5.41, 5.74) is 3.17. The van der Waals surface area contributed by atoms with E-state index >= 15 is 0 Å². The number of nitrogens with one attached hydrogen (secondary N) is 2. The molecule has 20 heavy (non-hydrogen) atoms. The lowest BCUT2D eigenvalue weighted by atomic mass is 10.0. The van der Waals surface area contributed by atoms with E-state index in [2.05, 4.69) is 33.5 Å². The summed E-state index contributed by atoms with van der Waals surface area (Å²) in [6.45, 7) is 4.09. The van der Waals surface area contributed by atoms with E-state index in [1.807, 2.05) is 31.3 Å². The second-order valence-corrected chi connectivity index (χ2v) is 6.29. The molecule has 2 amide bonds. The zero-order chi connectivity index (χ0) is 14.5. The van der Waals surface area contributed by atoms with Crippen molar-refractivity contribution in [2.75, 3.05) is 5.32 Å². The Kier molecular flexibility index (Phi) is 5.24. The third-order valence-corrected chi connectivity index (χ3v) is 4.74. The number of carbonyl (C=O) groups is 1. The summed E-state index contributed by atoms with van der Waals surface area (Å²) >= 11 is 3.45. The molecular formula is C16H21BrN2O. The number of hydrogen-bond donors (Lipinski definition) is 2. The first-order chi connectivity index (χ1) is 9.56. The van der Waals surface area contributed by atoms with Crippen molar-refractivity contribution < 1.29 is 4.79 Å². The van der Waals surface area contributed by atoms with Crippen molar-refractivity contribution >= 4 is 27.6 Å².